The van der Waals surface area contributed by atoms with E-state index in [9.17, 15) is 19.5 Å². The van der Waals surface area contributed by atoms with Crippen molar-refractivity contribution in [1.82, 2.24) is 51.5 Å². The first-order valence-electron chi connectivity index (χ1n) is 20.8. The van der Waals surface area contributed by atoms with Gasteiger partial charge in [-0.2, -0.15) is 9.97 Å². The predicted molar refractivity (Wildman–Crippen MR) is 236 cm³/mol. The minimum Gasteiger partial charge on any atom is -0.311 e. The summed E-state index contributed by atoms with van der Waals surface area (Å²) in [6.07, 6.45) is 11.5. The third-order valence-electron chi connectivity index (χ3n) is 11.1. The number of anilines is 3. The van der Waals surface area contributed by atoms with E-state index in [0.717, 1.165) is 31.9 Å². The number of fused-ring (bicyclic) bond motifs is 5. The van der Waals surface area contributed by atoms with Gasteiger partial charge in [0.2, 0.25) is 5.95 Å². The van der Waals surface area contributed by atoms with Gasteiger partial charge >= 0.3 is 45.3 Å². The van der Waals surface area contributed by atoms with Crippen LogP contribution in [0.2, 0.25) is 0 Å². The van der Waals surface area contributed by atoms with Crippen LogP contribution in [0.15, 0.2) is 48.7 Å². The zero-order valence-corrected chi connectivity index (χ0v) is 37.4. The number of amides is 1. The molecule has 1 aromatic carbocycles. The summed E-state index contributed by atoms with van der Waals surface area (Å²) in [5, 5.41) is 35.5. The van der Waals surface area contributed by atoms with Crippen LogP contribution >= 0.6 is 20.2 Å². The molecule has 1 aliphatic heterocycles. The van der Waals surface area contributed by atoms with E-state index >= 15 is 0 Å². The molecule has 337 valence electrons. The number of aromatic nitrogens is 5. The molecule has 0 spiro atoms. The maximum Gasteiger partial charge on any atom is 0.0545 e. The Balaban J connectivity index is 0.000000225. The van der Waals surface area contributed by atoms with Gasteiger partial charge in [0.1, 0.15) is 6.04 Å². The summed E-state index contributed by atoms with van der Waals surface area (Å²) in [6, 6.07) is 14.0. The average Bonchev–Trinajstić information content (AvgIpc) is 3.26. The molecular formula is C41H57Cl2MnN13O5. The summed E-state index contributed by atoms with van der Waals surface area (Å²) < 4.78 is 0. The van der Waals surface area contributed by atoms with Crippen molar-refractivity contribution in [3.8, 4) is 0 Å². The number of aliphatic carboxylic acids is 2. The fourth-order valence-corrected chi connectivity index (χ4v) is 7.98. The number of carboxylic acid groups (broad SMARTS) is 2. The average molecular weight is 938 g/mol. The van der Waals surface area contributed by atoms with Crippen molar-refractivity contribution in [3.63, 3.8) is 0 Å². The second kappa shape index (κ2) is 25.0. The monoisotopic (exact) mass is 936 g/mol. The van der Waals surface area contributed by atoms with E-state index in [-0.39, 0.29) is 43.3 Å². The molecule has 18 nitrogen and oxygen atoms in total. The zero-order chi connectivity index (χ0) is 44.4. The molecule has 4 heterocycles. The maximum atomic E-state index is 12.4. The summed E-state index contributed by atoms with van der Waals surface area (Å²) in [6.45, 7) is 4.26. The van der Waals surface area contributed by atoms with Crippen LogP contribution in [0.1, 0.15) is 91.6 Å². The number of hydrogen-bond acceptors (Lipinski definition) is 15. The number of carbonyl (C=O) groups is 3. The molecule has 2 aliphatic carbocycles. The molecule has 2 fully saturated rings. The minimum absolute atomic E-state index is 0.00694. The van der Waals surface area contributed by atoms with Gasteiger partial charge in [-0.25, -0.2) is 14.8 Å². The number of nitrogens with zero attached hydrogens (tertiary/aromatic N) is 6. The van der Waals surface area contributed by atoms with Crippen molar-refractivity contribution in [1.29, 1.82) is 0 Å². The second-order valence-corrected chi connectivity index (χ2v) is 17.5. The van der Waals surface area contributed by atoms with Gasteiger partial charge in [-0.15, -0.1) is 0 Å². The normalized spacial score (nSPS) is 20.8. The van der Waals surface area contributed by atoms with Crippen molar-refractivity contribution in [2.75, 3.05) is 36.5 Å². The van der Waals surface area contributed by atoms with Gasteiger partial charge in [0.15, 0.2) is 17.0 Å². The number of carboxylic acids is 2. The van der Waals surface area contributed by atoms with Gasteiger partial charge in [-0.1, -0.05) is 31.7 Å². The van der Waals surface area contributed by atoms with E-state index in [0.29, 0.717) is 47.6 Å². The summed E-state index contributed by atoms with van der Waals surface area (Å²) in [5.74, 6) is -2.91. The van der Waals surface area contributed by atoms with Crippen molar-refractivity contribution in [3.05, 3.63) is 71.3 Å². The van der Waals surface area contributed by atoms with E-state index in [1.54, 1.807) is 18.3 Å². The third-order valence-corrected chi connectivity index (χ3v) is 11.1. The van der Waals surface area contributed by atoms with Crippen molar-refractivity contribution in [2.24, 2.45) is 0 Å². The molecule has 2 saturated carbocycles. The van der Waals surface area contributed by atoms with E-state index in [4.69, 9.17) is 41.8 Å². The summed E-state index contributed by atoms with van der Waals surface area (Å²) in [7, 11) is 11.4. The minimum atomic E-state index is -1.30. The molecule has 0 unspecified atom stereocenters. The second-order valence-electron chi connectivity index (χ2n) is 15.5. The van der Waals surface area contributed by atoms with Crippen LogP contribution in [0.25, 0.3) is 11.2 Å². The zero-order valence-electron chi connectivity index (χ0n) is 34.7. The fourth-order valence-electron chi connectivity index (χ4n) is 7.98. The maximum absolute atomic E-state index is 12.4. The first-order valence-corrected chi connectivity index (χ1v) is 24.1. The van der Waals surface area contributed by atoms with Crippen LogP contribution < -0.4 is 43.0 Å². The van der Waals surface area contributed by atoms with Gasteiger partial charge in [0.05, 0.1) is 29.8 Å². The molecule has 0 saturated heterocycles. The fraction of sp³-hybridized carbons (Fsp3) is 0.512. The molecule has 4 aromatic rings. The van der Waals surface area contributed by atoms with Crippen LogP contribution in [0.3, 0.4) is 0 Å². The Bertz CT molecular complexity index is 2030. The Kier molecular flexibility index (Phi) is 19.6. The summed E-state index contributed by atoms with van der Waals surface area (Å²) in [4.78, 5) is 57.6. The van der Waals surface area contributed by atoms with Crippen molar-refractivity contribution >= 4 is 66.7 Å². The number of carbonyl (C=O) groups excluding carboxylic acids is 1. The van der Waals surface area contributed by atoms with Crippen LogP contribution in [0.5, 0.6) is 0 Å². The number of nitrogen functional groups attached to an aromatic ring is 2. The quantitative estimate of drug-likeness (QED) is 0.108. The van der Waals surface area contributed by atoms with E-state index in [2.05, 4.69) is 64.7 Å². The number of rotatable bonds is 9. The Morgan fingerprint density at radius 2 is 1.37 bits per heavy atom. The van der Waals surface area contributed by atoms with E-state index < -0.39 is 23.9 Å². The molecule has 2 bridgehead atoms. The van der Waals surface area contributed by atoms with Crippen molar-refractivity contribution in [2.45, 2.75) is 114 Å². The summed E-state index contributed by atoms with van der Waals surface area (Å²) >= 11 is 0.00694. The van der Waals surface area contributed by atoms with Gasteiger partial charge in [0.25, 0.3) is 5.91 Å². The molecule has 11 N–H and O–H groups in total. The van der Waals surface area contributed by atoms with Gasteiger partial charge in [0, 0.05) is 75.1 Å². The van der Waals surface area contributed by atoms with Crippen LogP contribution in [0.4, 0.5) is 17.5 Å². The number of nitrogens with one attached hydrogen (secondary N) is 5. The van der Waals surface area contributed by atoms with Crippen LogP contribution in [-0.4, -0.2) is 103 Å². The molecular weight excluding hydrogens is 880 g/mol. The van der Waals surface area contributed by atoms with Crippen LogP contribution in [-0.2, 0) is 42.4 Å². The SMILES string of the molecule is CN(Cc1cnc2nc(N)nc(N)c2n1)c1ccc(C(=O)N[C@@H](CCC(=O)O)C(=O)O)cc1.[Cl][Mn][Cl].c1cc2nc(c1)CN[C@@H]1CCCC[C@H]1NCCN[C@@H]1CCCC[C@H]1NC2. The predicted octanol–water partition coefficient (Wildman–Crippen LogP) is 3.72. The first kappa shape index (κ1) is 48.6. The third kappa shape index (κ3) is 15.1. The van der Waals surface area contributed by atoms with Gasteiger partial charge in [-0.3, -0.25) is 14.6 Å². The van der Waals surface area contributed by atoms with Gasteiger partial charge in [-0.05, 0) is 68.5 Å². The molecule has 62 heavy (non-hydrogen) atoms. The Morgan fingerprint density at radius 3 is 1.90 bits per heavy atom. The standard InChI is InChI=1S/C21H35N5.C20H22N8O5.2ClH.Mn/c1-3-10-20-18(8-1)22-12-13-23-19-9-2-4-11-21(19)25-15-17-7-5-6-16(26-17)14-24-20;1-28(9-11-8-23-17-15(24-11)16(21)26-20(22)27-17)12-4-2-10(3-5-12)18(31)25-13(19(32)33)6-7-14(29)30;;;/h5-7,18-25H,1-4,8-15H2;2-5,8,13H,6-7,9H2,1H3,(H,25,31)(H,29,30)(H,32,33)(H4,21,22,23,26,27);2*1H;/q;;;;+2/p-2/t18-,19-,20-,21-;13-;;;/m10.../s1. The topological polar surface area (TPSA) is 272 Å². The molecule has 7 rings (SSSR count). The van der Waals surface area contributed by atoms with Crippen LogP contribution in [0, 0.1) is 0 Å². The number of halogens is 2. The molecule has 3 aromatic heterocycles. The molecule has 0 radical (unpaired) electrons. The van der Waals surface area contributed by atoms with E-state index in [1.165, 1.54) is 74.9 Å². The number of hydrogen-bond donors (Lipinski definition) is 9. The van der Waals surface area contributed by atoms with E-state index in [1.807, 2.05) is 11.9 Å². The number of nitrogens with two attached hydrogens (primary N) is 2. The first-order chi connectivity index (χ1) is 29.9. The van der Waals surface area contributed by atoms with Gasteiger partial charge < -0.3 is 53.2 Å². The smallest absolute Gasteiger partial charge is 0.0545 e. The summed E-state index contributed by atoms with van der Waals surface area (Å²) in [5.41, 5.74) is 16.0. The Morgan fingerprint density at radius 1 is 0.823 bits per heavy atom. The Hall–Kier alpha value is -4.46. The molecule has 3 aliphatic rings. The molecule has 5 atom stereocenters. The Labute approximate surface area is 376 Å². The number of pyridine rings is 1. The molecule has 21 heteroatoms. The largest absolute Gasteiger partial charge is 0.311 e. The number of benzene rings is 1. The molecule has 1 amide bonds. The van der Waals surface area contributed by atoms with Crippen molar-refractivity contribution < 1.29 is 37.7 Å².